The lowest BCUT2D eigenvalue weighted by molar-refractivity contribution is 0.0953. The predicted molar refractivity (Wildman–Crippen MR) is 120 cm³/mol. The Hall–Kier alpha value is -3.39. The first-order valence-electron chi connectivity index (χ1n) is 9.78. The van der Waals surface area contributed by atoms with Gasteiger partial charge in [0.1, 0.15) is 5.82 Å². The average molecular weight is 442 g/mol. The minimum atomic E-state index is -3.91. The van der Waals surface area contributed by atoms with Crippen LogP contribution in [0.25, 0.3) is 0 Å². The van der Waals surface area contributed by atoms with Crippen molar-refractivity contribution in [2.24, 2.45) is 0 Å². The molecule has 0 saturated carbocycles. The van der Waals surface area contributed by atoms with Crippen LogP contribution < -0.4 is 14.9 Å². The molecule has 0 heterocycles. The first-order valence-corrected chi connectivity index (χ1v) is 11.3. The van der Waals surface area contributed by atoms with Gasteiger partial charge in [-0.25, -0.2) is 12.8 Å². The average Bonchev–Trinajstić information content (AvgIpc) is 2.78. The Labute approximate surface area is 181 Å². The van der Waals surface area contributed by atoms with Crippen LogP contribution in [-0.4, -0.2) is 34.5 Å². The van der Waals surface area contributed by atoms with Crippen molar-refractivity contribution in [2.45, 2.75) is 11.3 Å². The number of hydrogen-bond donors (Lipinski definition) is 2. The number of nitrogens with one attached hydrogen (secondary N) is 2. The molecule has 0 fully saturated rings. The van der Waals surface area contributed by atoms with Crippen LogP contribution in [-0.2, 0) is 10.0 Å². The summed E-state index contributed by atoms with van der Waals surface area (Å²) in [5.74, 6) is -0.808. The highest BCUT2D eigenvalue weighted by atomic mass is 32.2. The van der Waals surface area contributed by atoms with Crippen molar-refractivity contribution < 1.29 is 17.6 Å². The van der Waals surface area contributed by atoms with Gasteiger partial charge in [-0.15, -0.1) is 0 Å². The lowest BCUT2D eigenvalue weighted by Gasteiger charge is -2.19. The molecule has 0 aromatic heterocycles. The molecule has 0 bridgehead atoms. The van der Waals surface area contributed by atoms with Crippen molar-refractivity contribution in [2.75, 3.05) is 29.8 Å². The maximum absolute atomic E-state index is 13.0. The number of halogens is 1. The fourth-order valence-corrected chi connectivity index (χ4v) is 4.07. The molecular weight excluding hydrogens is 417 g/mol. The molecule has 0 aliphatic rings. The van der Waals surface area contributed by atoms with Gasteiger partial charge in [-0.05, 0) is 61.0 Å². The zero-order valence-electron chi connectivity index (χ0n) is 17.1. The van der Waals surface area contributed by atoms with Gasteiger partial charge in [0.2, 0.25) is 0 Å². The number of nitrogens with zero attached hydrogens (tertiary/aromatic N) is 1. The summed E-state index contributed by atoms with van der Waals surface area (Å²) >= 11 is 0. The molecule has 3 rings (SSSR count). The van der Waals surface area contributed by atoms with Gasteiger partial charge in [0.25, 0.3) is 15.9 Å². The molecule has 0 unspecified atom stereocenters. The molecule has 3 aromatic rings. The summed E-state index contributed by atoms with van der Waals surface area (Å²) in [5.41, 5.74) is 1.58. The second kappa shape index (κ2) is 10.1. The lowest BCUT2D eigenvalue weighted by atomic mass is 10.2. The number of amides is 1. The lowest BCUT2D eigenvalue weighted by Crippen LogP contribution is -2.28. The highest BCUT2D eigenvalue weighted by molar-refractivity contribution is 7.92. The van der Waals surface area contributed by atoms with Crippen molar-refractivity contribution >= 4 is 27.3 Å². The van der Waals surface area contributed by atoms with Gasteiger partial charge >= 0.3 is 0 Å². The van der Waals surface area contributed by atoms with Crippen LogP contribution >= 0.6 is 0 Å². The maximum atomic E-state index is 13.0. The molecular formula is C23H24FN3O3S. The summed E-state index contributed by atoms with van der Waals surface area (Å²) in [6, 6.07) is 20.7. The number of sulfonamides is 1. The molecule has 0 aliphatic carbocycles. The molecule has 0 atom stereocenters. The normalized spacial score (nSPS) is 11.0. The molecule has 0 radical (unpaired) electrons. The summed E-state index contributed by atoms with van der Waals surface area (Å²) in [4.78, 5) is 14.5. The molecule has 3 aromatic carbocycles. The zero-order valence-corrected chi connectivity index (χ0v) is 17.9. The predicted octanol–water partition coefficient (Wildman–Crippen LogP) is 3.88. The van der Waals surface area contributed by atoms with Gasteiger partial charge in [0.05, 0.1) is 4.90 Å². The third-order valence-corrected chi connectivity index (χ3v) is 6.03. The van der Waals surface area contributed by atoms with E-state index in [0.717, 1.165) is 30.8 Å². The molecule has 0 aliphatic heterocycles. The Morgan fingerprint density at radius 1 is 0.968 bits per heavy atom. The van der Waals surface area contributed by atoms with E-state index >= 15 is 0 Å². The topological polar surface area (TPSA) is 78.5 Å². The Bertz CT molecular complexity index is 1120. The Balaban J connectivity index is 1.56. The molecule has 2 N–H and O–H groups in total. The van der Waals surface area contributed by atoms with Crippen LogP contribution in [0.2, 0.25) is 0 Å². The number of para-hydroxylation sites is 1. The minimum Gasteiger partial charge on any atom is -0.375 e. The van der Waals surface area contributed by atoms with E-state index in [-0.39, 0.29) is 22.1 Å². The third kappa shape index (κ3) is 6.29. The van der Waals surface area contributed by atoms with Gasteiger partial charge in [0, 0.05) is 37.1 Å². The summed E-state index contributed by atoms with van der Waals surface area (Å²) < 4.78 is 40.6. The smallest absolute Gasteiger partial charge is 0.261 e. The molecule has 31 heavy (non-hydrogen) atoms. The van der Waals surface area contributed by atoms with Crippen molar-refractivity contribution in [1.29, 1.82) is 0 Å². The van der Waals surface area contributed by atoms with Crippen molar-refractivity contribution in [1.82, 2.24) is 5.32 Å². The summed E-state index contributed by atoms with van der Waals surface area (Å²) in [6.45, 7) is 1.22. The van der Waals surface area contributed by atoms with Gasteiger partial charge < -0.3 is 10.2 Å². The van der Waals surface area contributed by atoms with E-state index in [9.17, 15) is 17.6 Å². The van der Waals surface area contributed by atoms with Crippen molar-refractivity contribution in [3.05, 3.63) is 90.2 Å². The van der Waals surface area contributed by atoms with E-state index in [0.29, 0.717) is 6.54 Å². The van der Waals surface area contributed by atoms with Gasteiger partial charge in [0.15, 0.2) is 0 Å². The second-order valence-electron chi connectivity index (χ2n) is 7.01. The summed E-state index contributed by atoms with van der Waals surface area (Å²) in [5, 5.41) is 2.82. The quantitative estimate of drug-likeness (QED) is 0.494. The van der Waals surface area contributed by atoms with Crippen LogP contribution in [0.4, 0.5) is 15.8 Å². The maximum Gasteiger partial charge on any atom is 0.261 e. The number of anilines is 2. The van der Waals surface area contributed by atoms with Gasteiger partial charge in [-0.3, -0.25) is 9.52 Å². The minimum absolute atomic E-state index is 0.0479. The largest absolute Gasteiger partial charge is 0.375 e. The van der Waals surface area contributed by atoms with E-state index in [1.807, 2.05) is 37.4 Å². The molecule has 0 saturated heterocycles. The van der Waals surface area contributed by atoms with Crippen LogP contribution in [0.5, 0.6) is 0 Å². The molecule has 1 amide bonds. The van der Waals surface area contributed by atoms with Gasteiger partial charge in [-0.2, -0.15) is 0 Å². The standard InChI is InChI=1S/C23H24FN3O3S/c1-27(21-8-3-2-4-9-21)16-6-15-25-23(28)18-7-5-10-22(17-18)31(29,30)26-20-13-11-19(24)12-14-20/h2-5,7-14,17,26H,6,15-16H2,1H3,(H,25,28). The van der Waals surface area contributed by atoms with E-state index in [2.05, 4.69) is 14.9 Å². The van der Waals surface area contributed by atoms with Crippen molar-refractivity contribution in [3.8, 4) is 0 Å². The second-order valence-corrected chi connectivity index (χ2v) is 8.69. The number of benzene rings is 3. The highest BCUT2D eigenvalue weighted by Gasteiger charge is 2.16. The van der Waals surface area contributed by atoms with Gasteiger partial charge in [-0.1, -0.05) is 24.3 Å². The van der Waals surface area contributed by atoms with E-state index in [1.54, 1.807) is 6.07 Å². The number of carbonyl (C=O) groups excluding carboxylic acids is 1. The van der Waals surface area contributed by atoms with Crippen LogP contribution in [0.3, 0.4) is 0 Å². The molecule has 162 valence electrons. The van der Waals surface area contributed by atoms with Crippen LogP contribution in [0.1, 0.15) is 16.8 Å². The Morgan fingerprint density at radius 2 is 1.68 bits per heavy atom. The fraction of sp³-hybridized carbons (Fsp3) is 0.174. The monoisotopic (exact) mass is 441 g/mol. The number of carbonyl (C=O) groups is 1. The SMILES string of the molecule is CN(CCCNC(=O)c1cccc(S(=O)(=O)Nc2ccc(F)cc2)c1)c1ccccc1. The highest BCUT2D eigenvalue weighted by Crippen LogP contribution is 2.18. The Kier molecular flexibility index (Phi) is 7.25. The van der Waals surface area contributed by atoms with E-state index in [1.165, 1.54) is 30.3 Å². The molecule has 0 spiro atoms. The first-order chi connectivity index (χ1) is 14.8. The zero-order chi connectivity index (χ0) is 22.3. The molecule has 6 nitrogen and oxygen atoms in total. The van der Waals surface area contributed by atoms with Crippen LogP contribution in [0, 0.1) is 5.82 Å². The summed E-state index contributed by atoms with van der Waals surface area (Å²) in [6.07, 6.45) is 0.737. The first kappa shape index (κ1) is 22.3. The van der Waals surface area contributed by atoms with E-state index in [4.69, 9.17) is 0 Å². The Morgan fingerprint density at radius 3 is 2.39 bits per heavy atom. The van der Waals surface area contributed by atoms with Crippen LogP contribution in [0.15, 0.2) is 83.8 Å². The number of hydrogen-bond acceptors (Lipinski definition) is 4. The fourth-order valence-electron chi connectivity index (χ4n) is 2.97. The number of rotatable bonds is 9. The third-order valence-electron chi connectivity index (χ3n) is 4.66. The molecule has 8 heteroatoms. The van der Waals surface area contributed by atoms with Crippen molar-refractivity contribution in [3.63, 3.8) is 0 Å². The summed E-state index contributed by atoms with van der Waals surface area (Å²) in [7, 11) is -1.92. The van der Waals surface area contributed by atoms with E-state index < -0.39 is 15.8 Å².